The molecule has 0 aliphatic rings. The van der Waals surface area contributed by atoms with Gasteiger partial charge in [0, 0.05) is 11.8 Å². The molecule has 1 amide bonds. The van der Waals surface area contributed by atoms with E-state index in [-0.39, 0.29) is 24.4 Å². The normalized spacial score (nSPS) is 11.7. The van der Waals surface area contributed by atoms with E-state index in [4.69, 9.17) is 4.74 Å². The molecule has 0 heterocycles. The van der Waals surface area contributed by atoms with Gasteiger partial charge >= 0.3 is 5.97 Å². The first kappa shape index (κ1) is 22.0. The number of rotatable bonds is 8. The molecule has 33 heavy (non-hydrogen) atoms. The summed E-state index contributed by atoms with van der Waals surface area (Å²) in [6, 6.07) is 24.8. The molecule has 4 aromatic carbocycles. The third kappa shape index (κ3) is 5.36. The van der Waals surface area contributed by atoms with E-state index < -0.39 is 17.9 Å². The van der Waals surface area contributed by atoms with Crippen molar-refractivity contribution in [3.8, 4) is 5.75 Å². The summed E-state index contributed by atoms with van der Waals surface area (Å²) in [5.41, 5.74) is 1.77. The molecule has 0 aliphatic carbocycles. The average molecular weight is 443 g/mol. The molecule has 0 saturated heterocycles. The Kier molecular flexibility index (Phi) is 6.64. The first-order valence-electron chi connectivity index (χ1n) is 10.5. The Balaban J connectivity index is 1.62. The molecule has 0 bridgehead atoms. The molecule has 5 nitrogen and oxygen atoms in total. The van der Waals surface area contributed by atoms with Gasteiger partial charge in [0.15, 0.2) is 0 Å². The standard InChI is InChI=1S/C27H22FNO4/c28-21-13-10-19(11-14-21)17-33-25-22-9-5-4-8-20(22)12-15-23(25)26(30)29-24(27(31)32)16-18-6-2-1-3-7-18/h1-15,24H,16-17H2,(H,29,30)(H,31,32). The maximum Gasteiger partial charge on any atom is 0.326 e. The number of benzene rings is 4. The summed E-state index contributed by atoms with van der Waals surface area (Å²) in [6.45, 7) is 0.126. The van der Waals surface area contributed by atoms with Crippen LogP contribution in [0.1, 0.15) is 21.5 Å². The van der Waals surface area contributed by atoms with Gasteiger partial charge in [-0.3, -0.25) is 4.79 Å². The van der Waals surface area contributed by atoms with Crippen LogP contribution in [0.15, 0.2) is 91.0 Å². The third-order valence-corrected chi connectivity index (χ3v) is 5.31. The Morgan fingerprint density at radius 2 is 1.55 bits per heavy atom. The molecular weight excluding hydrogens is 421 g/mol. The van der Waals surface area contributed by atoms with Crippen LogP contribution in [0.4, 0.5) is 4.39 Å². The van der Waals surface area contributed by atoms with Crippen LogP contribution in [0, 0.1) is 5.82 Å². The summed E-state index contributed by atoms with van der Waals surface area (Å²) in [5, 5.41) is 13.9. The van der Waals surface area contributed by atoms with Gasteiger partial charge in [-0.25, -0.2) is 9.18 Å². The van der Waals surface area contributed by atoms with Crippen molar-refractivity contribution in [1.29, 1.82) is 0 Å². The van der Waals surface area contributed by atoms with Crippen molar-refractivity contribution in [2.24, 2.45) is 0 Å². The van der Waals surface area contributed by atoms with Gasteiger partial charge < -0.3 is 15.2 Å². The van der Waals surface area contributed by atoms with Crippen molar-refractivity contribution < 1.29 is 23.8 Å². The quantitative estimate of drug-likeness (QED) is 0.403. The first-order valence-corrected chi connectivity index (χ1v) is 10.5. The molecule has 0 spiro atoms. The highest BCUT2D eigenvalue weighted by molar-refractivity contribution is 6.04. The lowest BCUT2D eigenvalue weighted by molar-refractivity contribution is -0.139. The monoisotopic (exact) mass is 443 g/mol. The number of aliphatic carboxylic acids is 1. The minimum Gasteiger partial charge on any atom is -0.487 e. The Morgan fingerprint density at radius 1 is 0.848 bits per heavy atom. The van der Waals surface area contributed by atoms with Crippen molar-refractivity contribution in [2.75, 3.05) is 0 Å². The molecule has 0 saturated carbocycles. The maximum atomic E-state index is 13.2. The van der Waals surface area contributed by atoms with E-state index in [1.54, 1.807) is 24.3 Å². The molecule has 4 aromatic rings. The molecule has 4 rings (SSSR count). The zero-order valence-electron chi connectivity index (χ0n) is 17.7. The van der Waals surface area contributed by atoms with Gasteiger partial charge in [0.1, 0.15) is 24.2 Å². The van der Waals surface area contributed by atoms with Crippen molar-refractivity contribution in [3.05, 3.63) is 114 Å². The highest BCUT2D eigenvalue weighted by Gasteiger charge is 2.24. The van der Waals surface area contributed by atoms with Gasteiger partial charge in [-0.05, 0) is 34.7 Å². The molecule has 0 aromatic heterocycles. The fraction of sp³-hybridized carbons (Fsp3) is 0.111. The lowest BCUT2D eigenvalue weighted by atomic mass is 10.0. The van der Waals surface area contributed by atoms with E-state index in [0.29, 0.717) is 5.75 Å². The molecular formula is C27H22FNO4. The summed E-state index contributed by atoms with van der Waals surface area (Å²) < 4.78 is 19.3. The van der Waals surface area contributed by atoms with Crippen LogP contribution in [-0.2, 0) is 17.8 Å². The molecule has 0 fully saturated rings. The number of nitrogens with one attached hydrogen (secondary N) is 1. The summed E-state index contributed by atoms with van der Waals surface area (Å²) in [6.07, 6.45) is 0.154. The second-order valence-electron chi connectivity index (χ2n) is 7.63. The number of hydrogen-bond donors (Lipinski definition) is 2. The number of carbonyl (C=O) groups excluding carboxylic acids is 1. The zero-order chi connectivity index (χ0) is 23.2. The summed E-state index contributed by atoms with van der Waals surface area (Å²) in [5.74, 6) is -1.67. The molecule has 1 atom stereocenters. The van der Waals surface area contributed by atoms with E-state index in [1.807, 2.05) is 54.6 Å². The molecule has 166 valence electrons. The Hall–Kier alpha value is -4.19. The van der Waals surface area contributed by atoms with Crippen molar-refractivity contribution in [1.82, 2.24) is 5.32 Å². The number of halogens is 1. The highest BCUT2D eigenvalue weighted by atomic mass is 19.1. The van der Waals surface area contributed by atoms with Crippen molar-refractivity contribution in [2.45, 2.75) is 19.1 Å². The van der Waals surface area contributed by atoms with Gasteiger partial charge in [-0.1, -0.05) is 72.8 Å². The van der Waals surface area contributed by atoms with E-state index in [1.165, 1.54) is 12.1 Å². The van der Waals surface area contributed by atoms with Crippen molar-refractivity contribution >= 4 is 22.6 Å². The number of ether oxygens (including phenoxy) is 1. The van der Waals surface area contributed by atoms with Gasteiger partial charge in [-0.2, -0.15) is 0 Å². The summed E-state index contributed by atoms with van der Waals surface area (Å²) in [7, 11) is 0. The number of carboxylic acid groups (broad SMARTS) is 1. The SMILES string of the molecule is O=C(NC(Cc1ccccc1)C(=O)O)c1ccc2ccccc2c1OCc1ccc(F)cc1. The number of carboxylic acids is 1. The second kappa shape index (κ2) is 9.96. The minimum atomic E-state index is -1.12. The van der Waals surface area contributed by atoms with Crippen LogP contribution in [0.25, 0.3) is 10.8 Å². The fourth-order valence-corrected chi connectivity index (χ4v) is 3.60. The van der Waals surface area contributed by atoms with E-state index in [9.17, 15) is 19.1 Å². The van der Waals surface area contributed by atoms with Gasteiger partial charge in [0.25, 0.3) is 5.91 Å². The van der Waals surface area contributed by atoms with E-state index in [2.05, 4.69) is 5.32 Å². The predicted octanol–water partition coefficient (Wildman–Crippen LogP) is 4.98. The smallest absolute Gasteiger partial charge is 0.326 e. The first-order chi connectivity index (χ1) is 16.0. The third-order valence-electron chi connectivity index (χ3n) is 5.31. The molecule has 2 N–H and O–H groups in total. The van der Waals surface area contributed by atoms with Gasteiger partial charge in [0.05, 0.1) is 5.56 Å². The predicted molar refractivity (Wildman–Crippen MR) is 124 cm³/mol. The largest absolute Gasteiger partial charge is 0.487 e. The van der Waals surface area contributed by atoms with Crippen LogP contribution in [0.3, 0.4) is 0 Å². The topological polar surface area (TPSA) is 75.6 Å². The molecule has 1 unspecified atom stereocenters. The molecule has 0 radical (unpaired) electrons. The zero-order valence-corrected chi connectivity index (χ0v) is 17.7. The molecule has 6 heteroatoms. The summed E-state index contributed by atoms with van der Waals surface area (Å²) >= 11 is 0. The second-order valence-corrected chi connectivity index (χ2v) is 7.63. The minimum absolute atomic E-state index is 0.126. The Bertz CT molecular complexity index is 1270. The molecule has 0 aliphatic heterocycles. The van der Waals surface area contributed by atoms with Gasteiger partial charge in [0.2, 0.25) is 0 Å². The Labute approximate surface area is 190 Å². The number of amides is 1. The number of fused-ring (bicyclic) bond motifs is 1. The van der Waals surface area contributed by atoms with Crippen LogP contribution in [-0.4, -0.2) is 23.0 Å². The van der Waals surface area contributed by atoms with Crippen molar-refractivity contribution in [3.63, 3.8) is 0 Å². The van der Waals surface area contributed by atoms with Crippen LogP contribution < -0.4 is 10.1 Å². The summed E-state index contributed by atoms with van der Waals surface area (Å²) in [4.78, 5) is 25.0. The lowest BCUT2D eigenvalue weighted by Gasteiger charge is -2.18. The number of carbonyl (C=O) groups is 2. The lowest BCUT2D eigenvalue weighted by Crippen LogP contribution is -2.42. The number of hydrogen-bond acceptors (Lipinski definition) is 3. The van der Waals surface area contributed by atoms with E-state index in [0.717, 1.165) is 21.9 Å². The average Bonchev–Trinajstić information content (AvgIpc) is 2.83. The van der Waals surface area contributed by atoms with Crippen LogP contribution >= 0.6 is 0 Å². The van der Waals surface area contributed by atoms with Gasteiger partial charge in [-0.15, -0.1) is 0 Å². The highest BCUT2D eigenvalue weighted by Crippen LogP contribution is 2.31. The Morgan fingerprint density at radius 3 is 2.27 bits per heavy atom. The van der Waals surface area contributed by atoms with Crippen LogP contribution in [0.5, 0.6) is 5.75 Å². The van der Waals surface area contributed by atoms with E-state index >= 15 is 0 Å². The van der Waals surface area contributed by atoms with Crippen LogP contribution in [0.2, 0.25) is 0 Å². The maximum absolute atomic E-state index is 13.2. The fourth-order valence-electron chi connectivity index (χ4n) is 3.60.